The predicted molar refractivity (Wildman–Crippen MR) is 213 cm³/mol. The maximum Gasteiger partial charge on any atom is 0.303 e. The van der Waals surface area contributed by atoms with Crippen LogP contribution >= 0.6 is 15.9 Å². The van der Waals surface area contributed by atoms with E-state index in [0.717, 1.165) is 31.0 Å². The molecule has 0 saturated carbocycles. The molecule has 286 valence electrons. The number of nitro benzene ring substituents is 1. The molecule has 1 aliphatic heterocycles. The van der Waals surface area contributed by atoms with Gasteiger partial charge >= 0.3 is 5.97 Å². The Balaban J connectivity index is 1.48. The van der Waals surface area contributed by atoms with Crippen molar-refractivity contribution in [3.8, 4) is 0 Å². The summed E-state index contributed by atoms with van der Waals surface area (Å²) in [5, 5.41) is 31.9. The normalized spacial score (nSPS) is 18.2. The number of hydrogen-bond donors (Lipinski definition) is 2. The van der Waals surface area contributed by atoms with Crippen LogP contribution in [0.1, 0.15) is 41.0 Å². The summed E-state index contributed by atoms with van der Waals surface area (Å²) in [6, 6.07) is 42.1. The standard InChI is InChI=1S/C42H42BrN3O8S/c43-35-22-20-31(21-23-35)41-38(28-45(55(52)53)36-18-10-11-19-37(36)46(50)51)44(27-30(24-25-47)26-40(48)49)39(41)29-54-42(32-12-4-1-5-13-32,33-14-6-2-7-15-33)34-16-8-3-9-17-34/h1-23,30,38-39,41,47H,24-29H2,(H,48,49)(H,52,53)/p-1/t30-,38-,39+,41+/m0/s1. The largest absolute Gasteiger partial charge is 0.755 e. The summed E-state index contributed by atoms with van der Waals surface area (Å²) in [5.41, 5.74) is 2.04. The van der Waals surface area contributed by atoms with Gasteiger partial charge in [-0.3, -0.25) is 28.3 Å². The number of aliphatic carboxylic acids is 1. The number of carbonyl (C=O) groups is 1. The molecule has 5 aromatic carbocycles. The molecule has 0 radical (unpaired) electrons. The average Bonchev–Trinajstić information content (AvgIpc) is 3.19. The molecule has 1 unspecified atom stereocenters. The second kappa shape index (κ2) is 18.2. The number of likely N-dealkylation sites (tertiary alicyclic amines) is 1. The Morgan fingerprint density at radius 1 is 0.855 bits per heavy atom. The van der Waals surface area contributed by atoms with Crippen LogP contribution in [0.2, 0.25) is 0 Å². The van der Waals surface area contributed by atoms with Crippen LogP contribution in [0.25, 0.3) is 0 Å². The van der Waals surface area contributed by atoms with Gasteiger partial charge in [0.1, 0.15) is 11.3 Å². The highest BCUT2D eigenvalue weighted by atomic mass is 79.9. The zero-order valence-electron chi connectivity index (χ0n) is 29.8. The van der Waals surface area contributed by atoms with Crippen molar-refractivity contribution in [1.82, 2.24) is 4.90 Å². The van der Waals surface area contributed by atoms with Crippen LogP contribution in [0.4, 0.5) is 11.4 Å². The third-order valence-corrected chi connectivity index (χ3v) is 11.5. The van der Waals surface area contributed by atoms with Crippen molar-refractivity contribution in [3.63, 3.8) is 0 Å². The van der Waals surface area contributed by atoms with Gasteiger partial charge < -0.3 is 19.5 Å². The van der Waals surface area contributed by atoms with Crippen LogP contribution in [0.3, 0.4) is 0 Å². The molecule has 0 aliphatic carbocycles. The molecule has 1 fully saturated rings. The molecular weight excluding hydrogens is 786 g/mol. The predicted octanol–water partition coefficient (Wildman–Crippen LogP) is 7.28. The maximum atomic E-state index is 13.0. The van der Waals surface area contributed by atoms with Gasteiger partial charge in [-0.1, -0.05) is 131 Å². The highest BCUT2D eigenvalue weighted by Crippen LogP contribution is 2.47. The van der Waals surface area contributed by atoms with Crippen LogP contribution in [-0.2, 0) is 26.4 Å². The number of ether oxygens (including phenoxy) is 1. The lowest BCUT2D eigenvalue weighted by Crippen LogP contribution is -2.68. The number of carboxylic acids is 1. The van der Waals surface area contributed by atoms with Gasteiger partial charge in [-0.15, -0.1) is 0 Å². The number of anilines is 1. The van der Waals surface area contributed by atoms with Crippen LogP contribution in [-0.4, -0.2) is 73.2 Å². The topological polar surface area (TPSA) is 157 Å². The van der Waals surface area contributed by atoms with E-state index in [0.29, 0.717) is 0 Å². The second-order valence-corrected chi connectivity index (χ2v) is 15.3. The Labute approximate surface area is 330 Å². The van der Waals surface area contributed by atoms with E-state index in [1.54, 1.807) is 6.07 Å². The van der Waals surface area contributed by atoms with Gasteiger partial charge in [0.05, 0.1) is 11.5 Å². The number of carboxylic acid groups (broad SMARTS) is 1. The molecule has 55 heavy (non-hydrogen) atoms. The summed E-state index contributed by atoms with van der Waals surface area (Å²) in [6.45, 7) is -0.0807. The molecule has 0 bridgehead atoms. The zero-order chi connectivity index (χ0) is 39.0. The van der Waals surface area contributed by atoms with E-state index in [9.17, 15) is 33.9 Å². The average molecular weight is 828 g/mol. The van der Waals surface area contributed by atoms with Crippen molar-refractivity contribution in [2.45, 2.75) is 36.4 Å². The molecule has 5 atom stereocenters. The molecule has 1 heterocycles. The Morgan fingerprint density at radius 2 is 1.38 bits per heavy atom. The van der Waals surface area contributed by atoms with Crippen molar-refractivity contribution in [2.24, 2.45) is 5.92 Å². The third kappa shape index (κ3) is 8.88. The van der Waals surface area contributed by atoms with Crippen LogP contribution in [0.15, 0.2) is 144 Å². The fraction of sp³-hybridized carbons (Fsp3) is 0.262. The van der Waals surface area contributed by atoms with Crippen molar-refractivity contribution < 1.29 is 33.4 Å². The second-order valence-electron chi connectivity index (χ2n) is 13.5. The molecule has 0 spiro atoms. The van der Waals surface area contributed by atoms with Gasteiger partial charge in [-0.25, -0.2) is 0 Å². The molecule has 1 saturated heterocycles. The number of hydrogen-bond acceptors (Lipinski definition) is 8. The molecular formula is C42H41BrN3O8S-. The first-order valence-corrected chi connectivity index (χ1v) is 19.7. The van der Waals surface area contributed by atoms with Gasteiger partial charge in [0, 0.05) is 65.9 Å². The summed E-state index contributed by atoms with van der Waals surface area (Å²) in [7, 11) is 0. The molecule has 0 aromatic heterocycles. The number of halogens is 1. The van der Waals surface area contributed by atoms with Crippen molar-refractivity contribution in [2.75, 3.05) is 30.6 Å². The zero-order valence-corrected chi connectivity index (χ0v) is 32.2. The van der Waals surface area contributed by atoms with Crippen molar-refractivity contribution >= 4 is 44.5 Å². The maximum absolute atomic E-state index is 13.0. The van der Waals surface area contributed by atoms with Gasteiger partial charge in [0.2, 0.25) is 0 Å². The SMILES string of the molecule is O=C(O)C[C@H](CCO)CN1[C@H](COC(c2ccccc2)(c2ccccc2)c2ccccc2)[C@H](c2ccc(Br)cc2)[C@@H]1CN(c1ccccc1[N+](=O)[O-])S(=O)[O-]. The Morgan fingerprint density at radius 3 is 1.87 bits per heavy atom. The summed E-state index contributed by atoms with van der Waals surface area (Å²) in [4.78, 5) is 25.6. The highest BCUT2D eigenvalue weighted by molar-refractivity contribution is 9.10. The van der Waals surface area contributed by atoms with Crippen LogP contribution in [0, 0.1) is 16.0 Å². The number of benzene rings is 5. The lowest BCUT2D eigenvalue weighted by atomic mass is 9.73. The molecule has 13 heteroatoms. The van der Waals surface area contributed by atoms with Crippen LogP contribution < -0.4 is 4.31 Å². The summed E-state index contributed by atoms with van der Waals surface area (Å²) >= 11 is 0.618. The molecule has 6 rings (SSSR count). The number of nitrogens with zero attached hydrogens (tertiary/aromatic N) is 3. The van der Waals surface area contributed by atoms with E-state index in [-0.39, 0.29) is 56.4 Å². The minimum atomic E-state index is -2.91. The summed E-state index contributed by atoms with van der Waals surface area (Å²) in [5.74, 6) is -1.87. The smallest absolute Gasteiger partial charge is 0.303 e. The summed E-state index contributed by atoms with van der Waals surface area (Å²) in [6.07, 6.45) is -0.0148. The monoisotopic (exact) mass is 826 g/mol. The van der Waals surface area contributed by atoms with Gasteiger partial charge in [-0.05, 0) is 52.8 Å². The number of rotatable bonds is 18. The van der Waals surface area contributed by atoms with Gasteiger partial charge in [0.15, 0.2) is 0 Å². The number of aliphatic hydroxyl groups excluding tert-OH is 1. The summed E-state index contributed by atoms with van der Waals surface area (Å²) < 4.78 is 35.1. The molecule has 11 nitrogen and oxygen atoms in total. The van der Waals surface area contributed by atoms with E-state index in [2.05, 4.69) is 20.8 Å². The number of aliphatic hydroxyl groups is 1. The fourth-order valence-electron chi connectivity index (χ4n) is 7.83. The van der Waals surface area contributed by atoms with E-state index in [4.69, 9.17) is 4.74 Å². The van der Waals surface area contributed by atoms with Gasteiger partial charge in [-0.2, -0.15) is 0 Å². The third-order valence-electron chi connectivity index (χ3n) is 10.3. The minimum Gasteiger partial charge on any atom is -0.755 e. The molecule has 2 N–H and O–H groups in total. The lowest BCUT2D eigenvalue weighted by molar-refractivity contribution is -0.384. The lowest BCUT2D eigenvalue weighted by Gasteiger charge is -2.58. The first-order valence-electron chi connectivity index (χ1n) is 17.9. The molecule has 5 aromatic rings. The number of para-hydroxylation sites is 2. The van der Waals surface area contributed by atoms with Crippen LogP contribution in [0.5, 0.6) is 0 Å². The highest BCUT2D eigenvalue weighted by Gasteiger charge is 2.52. The van der Waals surface area contributed by atoms with E-state index in [1.165, 1.54) is 18.2 Å². The minimum absolute atomic E-state index is 0.0799. The van der Waals surface area contributed by atoms with E-state index in [1.807, 2.05) is 115 Å². The molecule has 0 amide bonds. The van der Waals surface area contributed by atoms with E-state index < -0.39 is 45.8 Å². The fourth-order valence-corrected chi connectivity index (χ4v) is 8.69. The first kappa shape index (κ1) is 39.9. The Bertz CT molecular complexity index is 1960. The quantitative estimate of drug-likeness (QED) is 0.0401. The van der Waals surface area contributed by atoms with E-state index >= 15 is 0 Å². The van der Waals surface area contributed by atoms with Crippen molar-refractivity contribution in [3.05, 3.63) is 176 Å². The Hall–Kier alpha value is -4.76. The Kier molecular flexibility index (Phi) is 13.2. The number of nitro groups is 1. The van der Waals surface area contributed by atoms with Crippen molar-refractivity contribution in [1.29, 1.82) is 0 Å². The van der Waals surface area contributed by atoms with Gasteiger partial charge in [0.25, 0.3) is 5.69 Å². The first-order chi connectivity index (χ1) is 26.6. The molecule has 1 aliphatic rings.